The van der Waals surface area contributed by atoms with Crippen molar-refractivity contribution in [2.24, 2.45) is 11.7 Å². The maximum atomic E-state index is 11.1. The fourth-order valence-electron chi connectivity index (χ4n) is 3.48. The van der Waals surface area contributed by atoms with E-state index in [1.54, 1.807) is 12.1 Å². The van der Waals surface area contributed by atoms with Crippen LogP contribution >= 0.6 is 0 Å². The number of hydrogen-bond donors (Lipinski definition) is 1. The second-order valence-corrected chi connectivity index (χ2v) is 7.16. The van der Waals surface area contributed by atoms with Crippen LogP contribution in [0.25, 0.3) is 0 Å². The van der Waals surface area contributed by atoms with Crippen molar-refractivity contribution in [3.05, 3.63) is 53.7 Å². The van der Waals surface area contributed by atoms with Crippen LogP contribution in [0.1, 0.15) is 41.6 Å². The second-order valence-electron chi connectivity index (χ2n) is 7.16. The van der Waals surface area contributed by atoms with Gasteiger partial charge in [0.1, 0.15) is 5.75 Å². The third kappa shape index (κ3) is 5.30. The molecule has 0 saturated heterocycles. The molecule has 5 heteroatoms. The van der Waals surface area contributed by atoms with Gasteiger partial charge in [-0.2, -0.15) is 0 Å². The Hall–Kier alpha value is -2.40. The molecular weight excluding hydrogens is 326 g/mol. The molecule has 1 amide bonds. The molecule has 138 valence electrons. The van der Waals surface area contributed by atoms with E-state index in [9.17, 15) is 4.79 Å². The Bertz CT molecular complexity index is 707. The number of nitrogens with two attached hydrogens (primary N) is 1. The molecule has 0 bridgehead atoms. The lowest BCUT2D eigenvalue weighted by Gasteiger charge is -2.20. The molecule has 1 aliphatic rings. The summed E-state index contributed by atoms with van der Waals surface area (Å²) >= 11 is 0. The smallest absolute Gasteiger partial charge is 0.250 e. The Labute approximate surface area is 155 Å². The fraction of sp³-hybridized carbons (Fsp3) is 0.429. The van der Waals surface area contributed by atoms with Gasteiger partial charge in [0.15, 0.2) is 0 Å². The highest BCUT2D eigenvalue weighted by Gasteiger charge is 2.16. The molecule has 1 saturated carbocycles. The third-order valence-electron chi connectivity index (χ3n) is 4.99. The molecule has 0 unspecified atom stereocenters. The molecule has 26 heavy (non-hydrogen) atoms. The van der Waals surface area contributed by atoms with Crippen LogP contribution in [0.3, 0.4) is 0 Å². The van der Waals surface area contributed by atoms with Gasteiger partial charge in [0.25, 0.3) is 0 Å². The number of primary amides is 1. The lowest BCUT2D eigenvalue weighted by molar-refractivity contribution is 0.1000. The Morgan fingerprint density at radius 2 is 1.92 bits per heavy atom. The highest BCUT2D eigenvalue weighted by molar-refractivity contribution is 5.92. The minimum Gasteiger partial charge on any atom is -0.439 e. The van der Waals surface area contributed by atoms with Crippen molar-refractivity contribution in [2.45, 2.75) is 32.1 Å². The third-order valence-corrected chi connectivity index (χ3v) is 4.99. The number of rotatable bonds is 8. The Morgan fingerprint density at radius 1 is 1.19 bits per heavy atom. The number of carbonyl (C=O) groups is 1. The summed E-state index contributed by atoms with van der Waals surface area (Å²) in [6, 6.07) is 11.4. The standard InChI is InChI=1S/C21H27N3O2/c1-24(15-17-4-2-3-5-17)13-12-16-6-9-19(10-7-16)26-20-11-8-18(14-23-20)21(22)25/h6-11,14,17H,2-5,12-13,15H2,1H3,(H2,22,25). The van der Waals surface area contributed by atoms with Crippen LogP contribution in [-0.4, -0.2) is 35.9 Å². The van der Waals surface area contributed by atoms with E-state index >= 15 is 0 Å². The first kappa shape index (κ1) is 18.4. The first-order valence-electron chi connectivity index (χ1n) is 9.31. The van der Waals surface area contributed by atoms with E-state index in [0.29, 0.717) is 11.4 Å². The van der Waals surface area contributed by atoms with Crippen molar-refractivity contribution in [1.82, 2.24) is 9.88 Å². The number of aromatic nitrogens is 1. The number of pyridine rings is 1. The lowest BCUT2D eigenvalue weighted by atomic mass is 10.1. The summed E-state index contributed by atoms with van der Waals surface area (Å²) in [6.07, 6.45) is 8.05. The predicted octanol–water partition coefficient (Wildman–Crippen LogP) is 3.64. The van der Waals surface area contributed by atoms with Gasteiger partial charge in [-0.15, -0.1) is 0 Å². The molecular formula is C21H27N3O2. The van der Waals surface area contributed by atoms with Crippen LogP contribution < -0.4 is 10.5 Å². The summed E-state index contributed by atoms with van der Waals surface area (Å²) in [4.78, 5) is 17.6. The molecule has 0 spiro atoms. The summed E-state index contributed by atoms with van der Waals surface area (Å²) in [5.41, 5.74) is 6.87. The summed E-state index contributed by atoms with van der Waals surface area (Å²) in [6.45, 7) is 2.29. The van der Waals surface area contributed by atoms with Crippen LogP contribution in [0.5, 0.6) is 11.6 Å². The van der Waals surface area contributed by atoms with Crippen molar-refractivity contribution in [3.63, 3.8) is 0 Å². The van der Waals surface area contributed by atoms with Crippen LogP contribution in [0.15, 0.2) is 42.6 Å². The number of nitrogens with zero attached hydrogens (tertiary/aromatic N) is 2. The molecule has 0 radical (unpaired) electrons. The maximum absolute atomic E-state index is 11.1. The topological polar surface area (TPSA) is 68.5 Å². The lowest BCUT2D eigenvalue weighted by Crippen LogP contribution is -2.26. The van der Waals surface area contributed by atoms with Gasteiger partial charge < -0.3 is 15.4 Å². The zero-order valence-corrected chi connectivity index (χ0v) is 15.4. The fourth-order valence-corrected chi connectivity index (χ4v) is 3.48. The van der Waals surface area contributed by atoms with E-state index in [1.165, 1.54) is 44.0 Å². The van der Waals surface area contributed by atoms with E-state index < -0.39 is 5.91 Å². The maximum Gasteiger partial charge on any atom is 0.250 e. The average molecular weight is 353 g/mol. The minimum atomic E-state index is -0.494. The van der Waals surface area contributed by atoms with Crippen molar-refractivity contribution in [2.75, 3.05) is 20.1 Å². The zero-order chi connectivity index (χ0) is 18.4. The number of hydrogen-bond acceptors (Lipinski definition) is 4. The van der Waals surface area contributed by atoms with Crippen LogP contribution in [-0.2, 0) is 6.42 Å². The molecule has 1 heterocycles. The van der Waals surface area contributed by atoms with E-state index in [-0.39, 0.29) is 0 Å². The minimum absolute atomic E-state index is 0.370. The molecule has 3 rings (SSSR count). The quantitative estimate of drug-likeness (QED) is 0.787. The van der Waals surface area contributed by atoms with Gasteiger partial charge >= 0.3 is 0 Å². The summed E-state index contributed by atoms with van der Waals surface area (Å²) < 4.78 is 5.71. The summed E-state index contributed by atoms with van der Waals surface area (Å²) in [5.74, 6) is 1.57. The first-order valence-corrected chi connectivity index (χ1v) is 9.31. The molecule has 2 N–H and O–H groups in total. The molecule has 1 aliphatic carbocycles. The van der Waals surface area contributed by atoms with Gasteiger partial charge in [-0.05, 0) is 56.0 Å². The molecule has 1 fully saturated rings. The van der Waals surface area contributed by atoms with E-state index in [1.807, 2.05) is 12.1 Å². The molecule has 0 atom stereocenters. The van der Waals surface area contributed by atoms with Crippen molar-refractivity contribution >= 4 is 5.91 Å². The molecule has 5 nitrogen and oxygen atoms in total. The van der Waals surface area contributed by atoms with E-state index in [0.717, 1.165) is 24.6 Å². The highest BCUT2D eigenvalue weighted by atomic mass is 16.5. The predicted molar refractivity (Wildman–Crippen MR) is 102 cm³/mol. The SMILES string of the molecule is CN(CCc1ccc(Oc2ccc(C(N)=O)cn2)cc1)CC1CCCC1. The largest absolute Gasteiger partial charge is 0.439 e. The van der Waals surface area contributed by atoms with Crippen LogP contribution in [0, 0.1) is 5.92 Å². The van der Waals surface area contributed by atoms with E-state index in [4.69, 9.17) is 10.5 Å². The first-order chi connectivity index (χ1) is 12.6. The van der Waals surface area contributed by atoms with Crippen molar-refractivity contribution < 1.29 is 9.53 Å². The van der Waals surface area contributed by atoms with Crippen LogP contribution in [0.2, 0.25) is 0 Å². The van der Waals surface area contributed by atoms with Gasteiger partial charge in [0.05, 0.1) is 5.56 Å². The number of likely N-dealkylation sites (N-methyl/N-ethyl adjacent to an activating group) is 1. The molecule has 0 aliphatic heterocycles. The second kappa shape index (κ2) is 8.81. The van der Waals surface area contributed by atoms with E-state index in [2.05, 4.69) is 29.1 Å². The number of benzene rings is 1. The van der Waals surface area contributed by atoms with Crippen molar-refractivity contribution in [1.29, 1.82) is 0 Å². The number of amides is 1. The van der Waals surface area contributed by atoms with Crippen molar-refractivity contribution in [3.8, 4) is 11.6 Å². The van der Waals surface area contributed by atoms with Gasteiger partial charge in [-0.1, -0.05) is 25.0 Å². The normalized spacial score (nSPS) is 14.7. The van der Waals surface area contributed by atoms with Gasteiger partial charge in [0, 0.05) is 25.4 Å². The molecule has 1 aromatic heterocycles. The van der Waals surface area contributed by atoms with Crippen LogP contribution in [0.4, 0.5) is 0 Å². The Morgan fingerprint density at radius 3 is 2.54 bits per heavy atom. The highest BCUT2D eigenvalue weighted by Crippen LogP contribution is 2.25. The monoisotopic (exact) mass is 353 g/mol. The molecule has 2 aromatic rings. The molecule has 1 aromatic carbocycles. The Balaban J connectivity index is 1.47. The number of ether oxygens (including phenoxy) is 1. The number of carbonyl (C=O) groups excluding carboxylic acids is 1. The van der Waals surface area contributed by atoms with Gasteiger partial charge in [-0.25, -0.2) is 4.98 Å². The summed E-state index contributed by atoms with van der Waals surface area (Å²) in [7, 11) is 2.22. The zero-order valence-electron chi connectivity index (χ0n) is 15.4. The summed E-state index contributed by atoms with van der Waals surface area (Å²) in [5, 5.41) is 0. The van der Waals surface area contributed by atoms with Gasteiger partial charge in [0.2, 0.25) is 11.8 Å². The van der Waals surface area contributed by atoms with Gasteiger partial charge in [-0.3, -0.25) is 4.79 Å². The average Bonchev–Trinajstić information content (AvgIpc) is 3.14. The Kier molecular flexibility index (Phi) is 6.23.